The molecule has 1 saturated heterocycles. The Bertz CT molecular complexity index is 483. The molecule has 0 atom stereocenters. The van der Waals surface area contributed by atoms with Gasteiger partial charge in [-0.2, -0.15) is 0 Å². The van der Waals surface area contributed by atoms with Gasteiger partial charge in [-0.05, 0) is 14.1 Å². The van der Waals surface area contributed by atoms with Gasteiger partial charge in [0.2, 0.25) is 0 Å². The average molecular weight is 293 g/mol. The Hall–Kier alpha value is -1.93. The van der Waals surface area contributed by atoms with Gasteiger partial charge in [0, 0.05) is 51.7 Å². The number of oxime groups is 1. The van der Waals surface area contributed by atoms with Crippen molar-refractivity contribution >= 4 is 11.7 Å². The van der Waals surface area contributed by atoms with Gasteiger partial charge in [-0.15, -0.1) is 0 Å². The fourth-order valence-electron chi connectivity index (χ4n) is 2.31. The lowest BCUT2D eigenvalue weighted by Gasteiger charge is -2.36. The second kappa shape index (κ2) is 7.19. The fourth-order valence-corrected chi connectivity index (χ4v) is 2.31. The Labute approximate surface area is 124 Å². The molecule has 3 N–H and O–H groups in total. The molecule has 116 valence electrons. The first-order chi connectivity index (χ1) is 10.1. The maximum atomic E-state index is 8.84. The molecule has 1 aromatic heterocycles. The van der Waals surface area contributed by atoms with Crippen molar-refractivity contribution in [1.29, 1.82) is 0 Å². The summed E-state index contributed by atoms with van der Waals surface area (Å²) >= 11 is 0. The smallest absolute Gasteiger partial charge is 0.192 e. The molecule has 1 aliphatic heterocycles. The molecule has 0 radical (unpaired) electrons. The number of anilines is 1. The van der Waals surface area contributed by atoms with Gasteiger partial charge in [0.25, 0.3) is 0 Å². The first-order valence-corrected chi connectivity index (χ1v) is 7.02. The zero-order valence-electron chi connectivity index (χ0n) is 12.6. The van der Waals surface area contributed by atoms with Crippen LogP contribution in [0.1, 0.15) is 5.69 Å². The zero-order chi connectivity index (χ0) is 15.2. The molecule has 0 bridgehead atoms. The molecule has 1 aliphatic rings. The predicted molar refractivity (Wildman–Crippen MR) is 81.7 cm³/mol. The standard InChI is InChI=1S/C13H23N7O/c1-18(2)5-6-19-7-9-20(10-8-19)13-11(12(14)17-21)15-3-4-16-13/h3-4,21H,5-10H2,1-2H3,(H2,14,17). The Morgan fingerprint density at radius 3 is 2.57 bits per heavy atom. The molecule has 0 saturated carbocycles. The third kappa shape index (κ3) is 4.02. The summed E-state index contributed by atoms with van der Waals surface area (Å²) in [5.41, 5.74) is 6.10. The van der Waals surface area contributed by atoms with E-state index in [1.54, 1.807) is 12.4 Å². The Morgan fingerprint density at radius 1 is 1.29 bits per heavy atom. The highest BCUT2D eigenvalue weighted by molar-refractivity contribution is 5.99. The maximum Gasteiger partial charge on any atom is 0.192 e. The van der Waals surface area contributed by atoms with Gasteiger partial charge in [-0.3, -0.25) is 4.90 Å². The summed E-state index contributed by atoms with van der Waals surface area (Å²) in [4.78, 5) is 15.2. The van der Waals surface area contributed by atoms with Crippen LogP contribution in [0.2, 0.25) is 0 Å². The maximum absolute atomic E-state index is 8.84. The van der Waals surface area contributed by atoms with E-state index in [-0.39, 0.29) is 5.84 Å². The van der Waals surface area contributed by atoms with Crippen LogP contribution in [0.5, 0.6) is 0 Å². The molecule has 0 amide bonds. The van der Waals surface area contributed by atoms with Crippen molar-refractivity contribution in [3.05, 3.63) is 18.1 Å². The van der Waals surface area contributed by atoms with Crippen LogP contribution in [0, 0.1) is 0 Å². The highest BCUT2D eigenvalue weighted by Crippen LogP contribution is 2.16. The molecule has 0 spiro atoms. The van der Waals surface area contributed by atoms with Crippen LogP contribution in [0.25, 0.3) is 0 Å². The van der Waals surface area contributed by atoms with Gasteiger partial charge < -0.3 is 20.7 Å². The van der Waals surface area contributed by atoms with E-state index < -0.39 is 0 Å². The normalized spacial score (nSPS) is 17.5. The molecule has 0 unspecified atom stereocenters. The number of aromatic nitrogens is 2. The summed E-state index contributed by atoms with van der Waals surface area (Å²) in [6, 6.07) is 0. The molecular formula is C13H23N7O. The van der Waals surface area contributed by atoms with Crippen molar-refractivity contribution in [3.63, 3.8) is 0 Å². The highest BCUT2D eigenvalue weighted by Gasteiger charge is 2.22. The number of hydrogen-bond donors (Lipinski definition) is 2. The second-order valence-corrected chi connectivity index (χ2v) is 5.35. The third-order valence-electron chi connectivity index (χ3n) is 3.56. The summed E-state index contributed by atoms with van der Waals surface area (Å²) in [6.45, 7) is 5.78. The van der Waals surface area contributed by atoms with Crippen molar-refractivity contribution in [2.24, 2.45) is 10.9 Å². The van der Waals surface area contributed by atoms with E-state index >= 15 is 0 Å². The Balaban J connectivity index is 1.99. The van der Waals surface area contributed by atoms with E-state index in [1.807, 2.05) is 0 Å². The monoisotopic (exact) mass is 293 g/mol. The highest BCUT2D eigenvalue weighted by atomic mass is 16.4. The predicted octanol–water partition coefficient (Wildman–Crippen LogP) is -0.745. The molecule has 8 nitrogen and oxygen atoms in total. The number of piperazine rings is 1. The van der Waals surface area contributed by atoms with Crippen molar-refractivity contribution in [2.45, 2.75) is 0 Å². The molecule has 0 aromatic carbocycles. The quantitative estimate of drug-likeness (QED) is 0.319. The second-order valence-electron chi connectivity index (χ2n) is 5.35. The summed E-state index contributed by atoms with van der Waals surface area (Å²) < 4.78 is 0. The first-order valence-electron chi connectivity index (χ1n) is 7.02. The number of likely N-dealkylation sites (N-methyl/N-ethyl adjacent to an activating group) is 1. The average Bonchev–Trinajstić information content (AvgIpc) is 2.52. The lowest BCUT2D eigenvalue weighted by Crippen LogP contribution is -2.48. The van der Waals surface area contributed by atoms with Crippen LogP contribution in [-0.2, 0) is 0 Å². The number of amidine groups is 1. The zero-order valence-corrected chi connectivity index (χ0v) is 12.6. The van der Waals surface area contributed by atoms with Gasteiger partial charge in [-0.1, -0.05) is 5.16 Å². The molecule has 0 aliphatic carbocycles. The topological polar surface area (TPSA) is 94.1 Å². The lowest BCUT2D eigenvalue weighted by atomic mass is 10.2. The third-order valence-corrected chi connectivity index (χ3v) is 3.56. The molecule has 1 aromatic rings. The number of nitrogens with zero attached hydrogens (tertiary/aromatic N) is 6. The van der Waals surface area contributed by atoms with Crippen molar-refractivity contribution in [1.82, 2.24) is 19.8 Å². The van der Waals surface area contributed by atoms with E-state index in [0.717, 1.165) is 39.3 Å². The minimum atomic E-state index is -0.00635. The molecule has 2 heterocycles. The number of hydrogen-bond acceptors (Lipinski definition) is 7. The molecule has 2 rings (SSSR count). The molecule has 21 heavy (non-hydrogen) atoms. The number of nitrogens with two attached hydrogens (primary N) is 1. The van der Waals surface area contributed by atoms with E-state index in [2.05, 4.69) is 43.9 Å². The Kier molecular flexibility index (Phi) is 5.29. The molecular weight excluding hydrogens is 270 g/mol. The van der Waals surface area contributed by atoms with Crippen LogP contribution >= 0.6 is 0 Å². The van der Waals surface area contributed by atoms with Gasteiger partial charge in [-0.25, -0.2) is 9.97 Å². The van der Waals surface area contributed by atoms with E-state index in [1.165, 1.54) is 0 Å². The van der Waals surface area contributed by atoms with Crippen molar-refractivity contribution in [3.8, 4) is 0 Å². The van der Waals surface area contributed by atoms with Gasteiger partial charge >= 0.3 is 0 Å². The van der Waals surface area contributed by atoms with E-state index in [0.29, 0.717) is 11.5 Å². The number of rotatable bonds is 5. The minimum absolute atomic E-state index is 0.00635. The van der Waals surface area contributed by atoms with E-state index in [4.69, 9.17) is 10.9 Å². The SMILES string of the molecule is CN(C)CCN1CCN(c2nccnc2C(N)=NO)CC1. The van der Waals surface area contributed by atoms with Crippen LogP contribution in [0.3, 0.4) is 0 Å². The van der Waals surface area contributed by atoms with Gasteiger partial charge in [0.1, 0.15) is 0 Å². The summed E-state index contributed by atoms with van der Waals surface area (Å²) in [6.07, 6.45) is 3.17. The van der Waals surface area contributed by atoms with Crippen LogP contribution in [-0.4, -0.2) is 84.2 Å². The first kappa shape index (κ1) is 15.5. The van der Waals surface area contributed by atoms with Crippen molar-refractivity contribution < 1.29 is 5.21 Å². The lowest BCUT2D eigenvalue weighted by molar-refractivity contribution is 0.229. The summed E-state index contributed by atoms with van der Waals surface area (Å²) in [7, 11) is 4.16. The fraction of sp³-hybridized carbons (Fsp3) is 0.615. The minimum Gasteiger partial charge on any atom is -0.409 e. The van der Waals surface area contributed by atoms with Gasteiger partial charge in [0.15, 0.2) is 17.3 Å². The summed E-state index contributed by atoms with van der Waals surface area (Å²) in [5, 5.41) is 11.9. The van der Waals surface area contributed by atoms with Crippen molar-refractivity contribution in [2.75, 3.05) is 58.3 Å². The summed E-state index contributed by atoms with van der Waals surface area (Å²) in [5.74, 6) is 0.674. The van der Waals surface area contributed by atoms with Crippen LogP contribution < -0.4 is 10.6 Å². The van der Waals surface area contributed by atoms with E-state index in [9.17, 15) is 0 Å². The van der Waals surface area contributed by atoms with Gasteiger partial charge in [0.05, 0.1) is 0 Å². The van der Waals surface area contributed by atoms with Crippen LogP contribution in [0.15, 0.2) is 17.5 Å². The Morgan fingerprint density at radius 2 is 1.95 bits per heavy atom. The molecule has 8 heteroatoms. The largest absolute Gasteiger partial charge is 0.409 e. The molecule has 1 fully saturated rings. The van der Waals surface area contributed by atoms with Crippen LogP contribution in [0.4, 0.5) is 5.82 Å².